The number of ketones is 2. The van der Waals surface area contributed by atoms with Gasteiger partial charge in [-0.3, -0.25) is 9.59 Å². The number of carbonyl (C=O) groups excluding carboxylic acids is 2. The number of hydrogen-bond acceptors (Lipinski definition) is 3. The summed E-state index contributed by atoms with van der Waals surface area (Å²) in [6.07, 6.45) is 3.21. The van der Waals surface area contributed by atoms with Crippen LogP contribution in [0.15, 0.2) is 36.7 Å². The van der Waals surface area contributed by atoms with Gasteiger partial charge in [0.1, 0.15) is 0 Å². The predicted molar refractivity (Wildman–Crippen MR) is 81.3 cm³/mol. The first-order valence-corrected chi connectivity index (χ1v) is 6.93. The van der Waals surface area contributed by atoms with Gasteiger partial charge in [0.25, 0.3) is 0 Å². The van der Waals surface area contributed by atoms with E-state index in [9.17, 15) is 14.4 Å². The van der Waals surface area contributed by atoms with Crippen LogP contribution in [0.2, 0.25) is 5.02 Å². The summed E-state index contributed by atoms with van der Waals surface area (Å²) in [5, 5.41) is 9.20. The van der Waals surface area contributed by atoms with E-state index in [4.69, 9.17) is 16.7 Å². The molecular formula is C16H14ClNO4. The van der Waals surface area contributed by atoms with Crippen LogP contribution in [0, 0.1) is 0 Å². The van der Waals surface area contributed by atoms with Crippen LogP contribution in [-0.4, -0.2) is 27.2 Å². The van der Waals surface area contributed by atoms with Crippen molar-refractivity contribution in [1.29, 1.82) is 0 Å². The van der Waals surface area contributed by atoms with Crippen molar-refractivity contribution in [2.75, 3.05) is 0 Å². The molecule has 0 radical (unpaired) electrons. The Kier molecular flexibility index (Phi) is 4.78. The molecule has 22 heavy (non-hydrogen) atoms. The minimum Gasteiger partial charge on any atom is -0.475 e. The number of aromatic nitrogens is 1. The van der Waals surface area contributed by atoms with Gasteiger partial charge in [0, 0.05) is 30.0 Å². The number of carbonyl (C=O) groups is 3. The highest BCUT2D eigenvalue weighted by Gasteiger charge is 2.21. The van der Waals surface area contributed by atoms with Gasteiger partial charge in [-0.05, 0) is 29.7 Å². The lowest BCUT2D eigenvalue weighted by atomic mass is 9.99. The fraction of sp³-hybridized carbons (Fsp3) is 0.188. The van der Waals surface area contributed by atoms with Crippen molar-refractivity contribution in [1.82, 2.24) is 4.57 Å². The molecule has 0 saturated carbocycles. The number of nitrogens with zero attached hydrogens (tertiary/aromatic N) is 1. The molecule has 1 N–H and O–H groups in total. The van der Waals surface area contributed by atoms with Crippen molar-refractivity contribution in [3.8, 4) is 0 Å². The minimum atomic E-state index is -1.60. The van der Waals surface area contributed by atoms with E-state index in [0.29, 0.717) is 17.0 Å². The molecule has 0 unspecified atom stereocenters. The first kappa shape index (κ1) is 16.0. The number of carboxylic acids is 1. The third-order valence-electron chi connectivity index (χ3n) is 3.18. The zero-order chi connectivity index (χ0) is 16.3. The van der Waals surface area contributed by atoms with E-state index in [1.54, 1.807) is 36.1 Å². The zero-order valence-electron chi connectivity index (χ0n) is 11.9. The quantitative estimate of drug-likeness (QED) is 0.504. The highest BCUT2D eigenvalue weighted by atomic mass is 35.5. The molecule has 1 aromatic carbocycles. The Hall–Kier alpha value is -2.40. The molecular weight excluding hydrogens is 306 g/mol. The van der Waals surface area contributed by atoms with Gasteiger partial charge in [0.05, 0.1) is 6.42 Å². The molecule has 0 fully saturated rings. The Morgan fingerprint density at radius 1 is 1.23 bits per heavy atom. The van der Waals surface area contributed by atoms with Crippen LogP contribution in [0.5, 0.6) is 0 Å². The minimum absolute atomic E-state index is 0.358. The summed E-state index contributed by atoms with van der Waals surface area (Å²) < 4.78 is 1.71. The Bertz CT molecular complexity index is 748. The summed E-state index contributed by atoms with van der Waals surface area (Å²) in [6.45, 7) is 0. The van der Waals surface area contributed by atoms with Crippen molar-refractivity contribution < 1.29 is 19.5 Å². The van der Waals surface area contributed by atoms with E-state index in [1.165, 1.54) is 0 Å². The number of hydrogen-bond donors (Lipinski definition) is 1. The standard InChI is InChI=1S/C16H14ClNO4/c1-18-8-11(5-10-3-2-4-12(17)6-10)13(9-18)14(19)7-15(20)16(21)22/h2-4,6,8-9H,5,7H2,1H3,(H,21,22). The zero-order valence-corrected chi connectivity index (χ0v) is 12.6. The Labute approximate surface area is 132 Å². The molecule has 0 amide bonds. The summed E-state index contributed by atoms with van der Waals surface area (Å²) in [4.78, 5) is 33.9. The number of aryl methyl sites for hydroxylation is 1. The molecule has 2 aromatic rings. The highest BCUT2D eigenvalue weighted by molar-refractivity contribution is 6.37. The largest absolute Gasteiger partial charge is 0.475 e. The maximum Gasteiger partial charge on any atom is 0.372 e. The van der Waals surface area contributed by atoms with E-state index in [0.717, 1.165) is 11.1 Å². The Morgan fingerprint density at radius 3 is 2.59 bits per heavy atom. The van der Waals surface area contributed by atoms with Crippen molar-refractivity contribution in [3.63, 3.8) is 0 Å². The van der Waals surface area contributed by atoms with Crippen LogP contribution in [0.25, 0.3) is 0 Å². The molecule has 6 heteroatoms. The lowest BCUT2D eigenvalue weighted by molar-refractivity contribution is -0.148. The topological polar surface area (TPSA) is 76.4 Å². The molecule has 5 nitrogen and oxygen atoms in total. The average molecular weight is 320 g/mol. The van der Waals surface area contributed by atoms with E-state index in [1.807, 2.05) is 12.1 Å². The van der Waals surface area contributed by atoms with Crippen molar-refractivity contribution in [2.45, 2.75) is 12.8 Å². The van der Waals surface area contributed by atoms with E-state index in [2.05, 4.69) is 0 Å². The molecule has 0 aliphatic heterocycles. The van der Waals surface area contributed by atoms with Gasteiger partial charge in [-0.25, -0.2) is 4.79 Å². The third kappa shape index (κ3) is 3.83. The van der Waals surface area contributed by atoms with Crippen LogP contribution >= 0.6 is 11.6 Å². The van der Waals surface area contributed by atoms with Gasteiger partial charge in [-0.1, -0.05) is 23.7 Å². The number of carboxylic acid groups (broad SMARTS) is 1. The maximum atomic E-state index is 12.1. The highest BCUT2D eigenvalue weighted by Crippen LogP contribution is 2.19. The van der Waals surface area contributed by atoms with Crippen molar-refractivity contribution in [2.24, 2.45) is 7.05 Å². The third-order valence-corrected chi connectivity index (χ3v) is 3.42. The second-order valence-corrected chi connectivity index (χ2v) is 5.43. The first-order chi connectivity index (χ1) is 10.4. The van der Waals surface area contributed by atoms with Crippen LogP contribution in [0.4, 0.5) is 0 Å². The molecule has 0 spiro atoms. The van der Waals surface area contributed by atoms with E-state index >= 15 is 0 Å². The van der Waals surface area contributed by atoms with Gasteiger partial charge in [-0.15, -0.1) is 0 Å². The number of Topliss-reactive ketones (excluding diaryl/α,β-unsaturated/α-hetero) is 2. The second-order valence-electron chi connectivity index (χ2n) is 5.00. The molecule has 0 atom stereocenters. The van der Waals surface area contributed by atoms with Crippen LogP contribution in [-0.2, 0) is 23.1 Å². The number of benzene rings is 1. The van der Waals surface area contributed by atoms with Gasteiger partial charge in [0.15, 0.2) is 5.78 Å². The molecule has 1 aromatic heterocycles. The molecule has 0 bridgehead atoms. The molecule has 1 heterocycles. The lowest BCUT2D eigenvalue weighted by Crippen LogP contribution is -2.17. The molecule has 0 saturated heterocycles. The van der Waals surface area contributed by atoms with Crippen LogP contribution in [0.1, 0.15) is 27.9 Å². The summed E-state index contributed by atoms with van der Waals surface area (Å²) in [5.41, 5.74) is 2.02. The normalized spacial score (nSPS) is 10.5. The average Bonchev–Trinajstić information content (AvgIpc) is 2.79. The van der Waals surface area contributed by atoms with Crippen molar-refractivity contribution in [3.05, 3.63) is 58.4 Å². The number of rotatable bonds is 6. The summed E-state index contributed by atoms with van der Waals surface area (Å²) in [6, 6.07) is 7.25. The SMILES string of the molecule is Cn1cc(Cc2cccc(Cl)c2)c(C(=O)CC(=O)C(=O)O)c1. The summed E-state index contributed by atoms with van der Waals surface area (Å²) in [7, 11) is 1.76. The van der Waals surface area contributed by atoms with Gasteiger partial charge in [-0.2, -0.15) is 0 Å². The predicted octanol–water partition coefficient (Wildman–Crippen LogP) is 2.50. The summed E-state index contributed by atoms with van der Waals surface area (Å²) in [5.74, 6) is -3.20. The van der Waals surface area contributed by atoms with Crippen molar-refractivity contribution >= 4 is 29.1 Å². The summed E-state index contributed by atoms with van der Waals surface area (Å²) >= 11 is 5.94. The van der Waals surface area contributed by atoms with Crippen LogP contribution < -0.4 is 0 Å². The van der Waals surface area contributed by atoms with E-state index in [-0.39, 0.29) is 0 Å². The first-order valence-electron chi connectivity index (χ1n) is 6.55. The smallest absolute Gasteiger partial charge is 0.372 e. The molecule has 0 aliphatic carbocycles. The Balaban J connectivity index is 2.25. The van der Waals surface area contributed by atoms with Gasteiger partial charge >= 0.3 is 5.97 Å². The Morgan fingerprint density at radius 2 is 1.95 bits per heavy atom. The van der Waals surface area contributed by atoms with E-state index < -0.39 is 24.0 Å². The maximum absolute atomic E-state index is 12.1. The second kappa shape index (κ2) is 6.58. The van der Waals surface area contributed by atoms with Crippen LogP contribution in [0.3, 0.4) is 0 Å². The fourth-order valence-electron chi connectivity index (χ4n) is 2.21. The monoisotopic (exact) mass is 319 g/mol. The number of halogens is 1. The van der Waals surface area contributed by atoms with Gasteiger partial charge < -0.3 is 9.67 Å². The molecule has 0 aliphatic rings. The number of aliphatic carboxylic acids is 1. The molecule has 114 valence electrons. The van der Waals surface area contributed by atoms with Gasteiger partial charge in [0.2, 0.25) is 5.78 Å². The fourth-order valence-corrected chi connectivity index (χ4v) is 2.43. The molecule has 2 rings (SSSR count). The lowest BCUT2D eigenvalue weighted by Gasteiger charge is -2.03.